The van der Waals surface area contributed by atoms with Crippen LogP contribution in [0.4, 0.5) is 5.69 Å². The van der Waals surface area contributed by atoms with Crippen molar-refractivity contribution < 1.29 is 9.53 Å². The summed E-state index contributed by atoms with van der Waals surface area (Å²) >= 11 is 6.91. The lowest BCUT2D eigenvalue weighted by Gasteiger charge is -2.18. The molecule has 0 aliphatic rings. The van der Waals surface area contributed by atoms with E-state index in [2.05, 4.69) is 55.9 Å². The van der Waals surface area contributed by atoms with Crippen molar-refractivity contribution in [1.29, 1.82) is 0 Å². The van der Waals surface area contributed by atoms with Crippen molar-refractivity contribution in [2.75, 3.05) is 25.5 Å². The molecule has 144 valence electrons. The molecule has 0 radical (unpaired) electrons. The standard InChI is InChI=1S/C21H24Br2N2O2/c1-4-25(5-2)14-15-6-9-18(10-7-15)24-20(26)11-8-16-12-17(22)13-19(23)21(16)27-3/h6-13H,4-5,14H2,1-3H3,(H,24,26)/b11-8+. The van der Waals surface area contributed by atoms with Gasteiger partial charge in [-0.2, -0.15) is 0 Å². The van der Waals surface area contributed by atoms with E-state index in [0.29, 0.717) is 5.75 Å². The summed E-state index contributed by atoms with van der Waals surface area (Å²) in [6.07, 6.45) is 3.24. The number of hydrogen-bond donors (Lipinski definition) is 1. The van der Waals surface area contributed by atoms with Gasteiger partial charge in [-0.3, -0.25) is 9.69 Å². The molecule has 0 saturated heterocycles. The van der Waals surface area contributed by atoms with E-state index in [1.165, 1.54) is 11.6 Å². The molecular weight excluding hydrogens is 472 g/mol. The van der Waals surface area contributed by atoms with Crippen LogP contribution in [0.25, 0.3) is 6.08 Å². The normalized spacial score (nSPS) is 11.2. The van der Waals surface area contributed by atoms with Crippen LogP contribution in [-0.4, -0.2) is 31.0 Å². The maximum absolute atomic E-state index is 12.2. The van der Waals surface area contributed by atoms with Crippen molar-refractivity contribution in [1.82, 2.24) is 4.90 Å². The van der Waals surface area contributed by atoms with Gasteiger partial charge in [0.25, 0.3) is 0 Å². The predicted octanol–water partition coefficient (Wildman–Crippen LogP) is 5.71. The highest BCUT2D eigenvalue weighted by Gasteiger charge is 2.08. The van der Waals surface area contributed by atoms with Crippen LogP contribution in [0, 0.1) is 0 Å². The molecule has 0 heterocycles. The quantitative estimate of drug-likeness (QED) is 0.476. The van der Waals surface area contributed by atoms with Gasteiger partial charge in [0.15, 0.2) is 0 Å². The van der Waals surface area contributed by atoms with Gasteiger partial charge in [0, 0.05) is 28.3 Å². The zero-order chi connectivity index (χ0) is 19.8. The Morgan fingerprint density at radius 2 is 1.81 bits per heavy atom. The van der Waals surface area contributed by atoms with E-state index < -0.39 is 0 Å². The van der Waals surface area contributed by atoms with Crippen molar-refractivity contribution in [2.45, 2.75) is 20.4 Å². The lowest BCUT2D eigenvalue weighted by Crippen LogP contribution is -2.22. The Balaban J connectivity index is 2.03. The van der Waals surface area contributed by atoms with Crippen molar-refractivity contribution in [3.05, 3.63) is 62.5 Å². The summed E-state index contributed by atoms with van der Waals surface area (Å²) in [4.78, 5) is 14.6. The number of halogens is 2. The molecule has 1 amide bonds. The molecule has 0 atom stereocenters. The number of nitrogens with one attached hydrogen (secondary N) is 1. The third kappa shape index (κ3) is 6.48. The first-order chi connectivity index (χ1) is 13.0. The monoisotopic (exact) mass is 494 g/mol. The van der Waals surface area contributed by atoms with Crippen LogP contribution in [0.15, 0.2) is 51.4 Å². The summed E-state index contributed by atoms with van der Waals surface area (Å²) in [5.74, 6) is 0.493. The van der Waals surface area contributed by atoms with Crippen LogP contribution in [0.3, 0.4) is 0 Å². The Labute approximate surface area is 177 Å². The molecule has 0 bridgehead atoms. The van der Waals surface area contributed by atoms with Gasteiger partial charge in [0.1, 0.15) is 5.75 Å². The summed E-state index contributed by atoms with van der Waals surface area (Å²) in [5, 5.41) is 2.88. The molecule has 0 fully saturated rings. The van der Waals surface area contributed by atoms with E-state index in [1.54, 1.807) is 13.2 Å². The van der Waals surface area contributed by atoms with E-state index in [0.717, 1.165) is 39.8 Å². The third-order valence-electron chi connectivity index (χ3n) is 4.18. The van der Waals surface area contributed by atoms with E-state index in [4.69, 9.17) is 4.74 Å². The molecule has 6 heteroatoms. The van der Waals surface area contributed by atoms with Gasteiger partial charge >= 0.3 is 0 Å². The van der Waals surface area contributed by atoms with Crippen LogP contribution in [0.5, 0.6) is 5.75 Å². The van der Waals surface area contributed by atoms with Gasteiger partial charge in [-0.25, -0.2) is 0 Å². The summed E-state index contributed by atoms with van der Waals surface area (Å²) in [6.45, 7) is 7.27. The van der Waals surface area contributed by atoms with Crippen molar-refractivity contribution in [3.63, 3.8) is 0 Å². The fraction of sp³-hybridized carbons (Fsp3) is 0.286. The largest absolute Gasteiger partial charge is 0.495 e. The number of carbonyl (C=O) groups excluding carboxylic acids is 1. The highest BCUT2D eigenvalue weighted by atomic mass is 79.9. The molecular formula is C21H24Br2N2O2. The first kappa shape index (κ1) is 21.7. The molecule has 0 aromatic heterocycles. The smallest absolute Gasteiger partial charge is 0.248 e. The second kappa shape index (κ2) is 10.6. The predicted molar refractivity (Wildman–Crippen MR) is 119 cm³/mol. The maximum atomic E-state index is 12.2. The van der Waals surface area contributed by atoms with Gasteiger partial charge in [-0.15, -0.1) is 0 Å². The third-order valence-corrected chi connectivity index (χ3v) is 5.22. The van der Waals surface area contributed by atoms with E-state index >= 15 is 0 Å². The zero-order valence-corrected chi connectivity index (χ0v) is 18.9. The highest BCUT2D eigenvalue weighted by molar-refractivity contribution is 9.11. The zero-order valence-electron chi connectivity index (χ0n) is 15.8. The Hall–Kier alpha value is -1.63. The van der Waals surface area contributed by atoms with Crippen LogP contribution >= 0.6 is 31.9 Å². The molecule has 0 spiro atoms. The number of hydrogen-bond acceptors (Lipinski definition) is 3. The Bertz CT molecular complexity index is 801. The SMILES string of the molecule is CCN(CC)Cc1ccc(NC(=O)/C=C/c2cc(Br)cc(Br)c2OC)cc1. The average Bonchev–Trinajstić information content (AvgIpc) is 2.65. The molecule has 2 aromatic carbocycles. The summed E-state index contributed by atoms with van der Waals surface area (Å²) in [7, 11) is 1.60. The number of amides is 1. The first-order valence-electron chi connectivity index (χ1n) is 8.80. The topological polar surface area (TPSA) is 41.6 Å². The number of carbonyl (C=O) groups is 1. The van der Waals surface area contributed by atoms with E-state index in [9.17, 15) is 4.79 Å². The van der Waals surface area contributed by atoms with Crippen LogP contribution in [0.1, 0.15) is 25.0 Å². The molecule has 0 aliphatic carbocycles. The second-order valence-electron chi connectivity index (χ2n) is 5.99. The molecule has 27 heavy (non-hydrogen) atoms. The maximum Gasteiger partial charge on any atom is 0.248 e. The molecule has 1 N–H and O–H groups in total. The number of benzene rings is 2. The Morgan fingerprint density at radius 1 is 1.15 bits per heavy atom. The van der Waals surface area contributed by atoms with Crippen molar-refractivity contribution in [3.8, 4) is 5.75 Å². The fourth-order valence-electron chi connectivity index (χ4n) is 2.67. The number of anilines is 1. The van der Waals surface area contributed by atoms with Gasteiger partial charge in [-0.05, 0) is 64.9 Å². The highest BCUT2D eigenvalue weighted by Crippen LogP contribution is 2.33. The summed E-state index contributed by atoms with van der Waals surface area (Å²) in [5.41, 5.74) is 2.81. The minimum atomic E-state index is -0.190. The van der Waals surface area contributed by atoms with Gasteiger partial charge in [-0.1, -0.05) is 41.9 Å². The second-order valence-corrected chi connectivity index (χ2v) is 7.76. The van der Waals surface area contributed by atoms with Crippen molar-refractivity contribution >= 4 is 49.5 Å². The number of methoxy groups -OCH3 is 1. The van der Waals surface area contributed by atoms with Crippen LogP contribution in [-0.2, 0) is 11.3 Å². The average molecular weight is 496 g/mol. The molecule has 0 saturated carbocycles. The minimum Gasteiger partial charge on any atom is -0.495 e. The molecule has 4 nitrogen and oxygen atoms in total. The number of nitrogens with zero attached hydrogens (tertiary/aromatic N) is 1. The van der Waals surface area contributed by atoms with Gasteiger partial charge in [0.05, 0.1) is 11.6 Å². The molecule has 2 rings (SSSR count). The van der Waals surface area contributed by atoms with Crippen LogP contribution in [0.2, 0.25) is 0 Å². The minimum absolute atomic E-state index is 0.190. The van der Waals surface area contributed by atoms with Gasteiger partial charge < -0.3 is 10.1 Å². The molecule has 0 unspecified atom stereocenters. The summed E-state index contributed by atoms with van der Waals surface area (Å²) in [6, 6.07) is 11.8. The Morgan fingerprint density at radius 3 is 2.41 bits per heavy atom. The fourth-order valence-corrected chi connectivity index (χ4v) is 4.09. The first-order valence-corrected chi connectivity index (χ1v) is 10.4. The van der Waals surface area contributed by atoms with Gasteiger partial charge in [0.2, 0.25) is 5.91 Å². The number of ether oxygens (including phenoxy) is 1. The summed E-state index contributed by atoms with van der Waals surface area (Å²) < 4.78 is 7.11. The molecule has 0 aliphatic heterocycles. The van der Waals surface area contributed by atoms with E-state index in [1.807, 2.05) is 36.4 Å². The van der Waals surface area contributed by atoms with Crippen molar-refractivity contribution in [2.24, 2.45) is 0 Å². The molecule has 2 aromatic rings. The lowest BCUT2D eigenvalue weighted by molar-refractivity contribution is -0.111. The van der Waals surface area contributed by atoms with E-state index in [-0.39, 0.29) is 5.91 Å². The Kier molecular flexibility index (Phi) is 8.54. The van der Waals surface area contributed by atoms with Crippen LogP contribution < -0.4 is 10.1 Å². The number of rotatable bonds is 8. The lowest BCUT2D eigenvalue weighted by atomic mass is 10.1.